The van der Waals surface area contributed by atoms with Crippen molar-refractivity contribution in [3.63, 3.8) is 0 Å². The number of hydrogen-bond donors (Lipinski definition) is 3. The number of rotatable bonds is 54. The summed E-state index contributed by atoms with van der Waals surface area (Å²) >= 11 is 0. The lowest BCUT2D eigenvalue weighted by Crippen LogP contribution is -2.45. The van der Waals surface area contributed by atoms with Crippen molar-refractivity contribution in [2.24, 2.45) is 0 Å². The lowest BCUT2D eigenvalue weighted by Gasteiger charge is -2.22. The number of hydrogen-bond acceptors (Lipinski definition) is 5. The van der Waals surface area contributed by atoms with Gasteiger partial charge in [-0.2, -0.15) is 0 Å². The summed E-state index contributed by atoms with van der Waals surface area (Å²) in [5, 5.41) is 23.2. The molecule has 0 saturated carbocycles. The molecule has 0 aliphatic rings. The highest BCUT2D eigenvalue weighted by molar-refractivity contribution is 5.76. The molecule has 388 valence electrons. The van der Waals surface area contributed by atoms with E-state index in [1.165, 1.54) is 218 Å². The molecular weight excluding hydrogens is 815 g/mol. The molecule has 0 aromatic rings. The second-order valence-corrected chi connectivity index (χ2v) is 20.0. The summed E-state index contributed by atoms with van der Waals surface area (Å²) in [6.07, 6.45) is 68.5. The second-order valence-electron chi connectivity index (χ2n) is 20.0. The van der Waals surface area contributed by atoms with E-state index in [4.69, 9.17) is 4.74 Å². The zero-order chi connectivity index (χ0) is 47.9. The maximum Gasteiger partial charge on any atom is 0.305 e. The first-order chi connectivity index (χ1) is 32.5. The zero-order valence-corrected chi connectivity index (χ0v) is 44.2. The van der Waals surface area contributed by atoms with Crippen LogP contribution in [0.3, 0.4) is 0 Å². The van der Waals surface area contributed by atoms with Gasteiger partial charge >= 0.3 is 5.97 Å². The lowest BCUT2D eigenvalue weighted by atomic mass is 10.0. The third kappa shape index (κ3) is 51.5. The van der Waals surface area contributed by atoms with Gasteiger partial charge in [-0.25, -0.2) is 0 Å². The monoisotopic (exact) mass is 928 g/mol. The molecule has 0 bridgehead atoms. The Morgan fingerprint density at radius 2 is 0.758 bits per heavy atom. The molecule has 66 heavy (non-hydrogen) atoms. The Morgan fingerprint density at radius 1 is 0.424 bits per heavy atom. The Bertz CT molecular complexity index is 1070. The maximum absolute atomic E-state index is 12.5. The quantitative estimate of drug-likeness (QED) is 0.0321. The molecule has 6 nitrogen and oxygen atoms in total. The molecule has 6 heteroatoms. The Morgan fingerprint density at radius 3 is 1.18 bits per heavy atom. The predicted octanol–water partition coefficient (Wildman–Crippen LogP) is 18.0. The topological polar surface area (TPSA) is 95.9 Å². The van der Waals surface area contributed by atoms with E-state index in [1.54, 1.807) is 0 Å². The van der Waals surface area contributed by atoms with E-state index in [-0.39, 0.29) is 18.5 Å². The van der Waals surface area contributed by atoms with Crippen LogP contribution in [0.5, 0.6) is 0 Å². The summed E-state index contributed by atoms with van der Waals surface area (Å²) in [6.45, 7) is 4.93. The van der Waals surface area contributed by atoms with Crippen molar-refractivity contribution in [1.29, 1.82) is 0 Å². The highest BCUT2D eigenvalue weighted by Gasteiger charge is 2.20. The number of ether oxygens (including phenoxy) is 1. The summed E-state index contributed by atoms with van der Waals surface area (Å²) in [7, 11) is 0. The van der Waals surface area contributed by atoms with Crippen LogP contribution < -0.4 is 5.32 Å². The van der Waals surface area contributed by atoms with Gasteiger partial charge in [-0.3, -0.25) is 9.59 Å². The van der Waals surface area contributed by atoms with Crippen molar-refractivity contribution in [3.05, 3.63) is 36.5 Å². The van der Waals surface area contributed by atoms with Gasteiger partial charge in [0, 0.05) is 12.8 Å². The van der Waals surface area contributed by atoms with E-state index >= 15 is 0 Å². The van der Waals surface area contributed by atoms with Gasteiger partial charge < -0.3 is 20.3 Å². The molecule has 3 N–H and O–H groups in total. The molecule has 0 aromatic carbocycles. The number of amides is 1. The van der Waals surface area contributed by atoms with Gasteiger partial charge in [0.1, 0.15) is 0 Å². The van der Waals surface area contributed by atoms with Crippen molar-refractivity contribution in [3.8, 4) is 0 Å². The summed E-state index contributed by atoms with van der Waals surface area (Å²) < 4.78 is 5.46. The highest BCUT2D eigenvalue weighted by Crippen LogP contribution is 2.16. The first kappa shape index (κ1) is 64.1. The third-order valence-corrected chi connectivity index (χ3v) is 13.4. The van der Waals surface area contributed by atoms with Crippen LogP contribution in [0.4, 0.5) is 0 Å². The average molecular weight is 929 g/mol. The Labute approximate surface area is 411 Å². The summed E-state index contributed by atoms with van der Waals surface area (Å²) in [5.74, 6) is -0.0479. The molecule has 2 atom stereocenters. The number of unbranched alkanes of at least 4 members (excludes halogenated alkanes) is 37. The van der Waals surface area contributed by atoms with E-state index in [0.29, 0.717) is 25.9 Å². The van der Waals surface area contributed by atoms with Crippen molar-refractivity contribution >= 4 is 11.9 Å². The first-order valence-electron chi connectivity index (χ1n) is 29.2. The summed E-state index contributed by atoms with van der Waals surface area (Å²) in [4.78, 5) is 24.5. The van der Waals surface area contributed by atoms with Crippen molar-refractivity contribution in [2.75, 3.05) is 13.2 Å². The number of carbonyl (C=O) groups is 2. The number of esters is 1. The zero-order valence-electron chi connectivity index (χ0n) is 44.2. The van der Waals surface area contributed by atoms with Gasteiger partial charge in [-0.1, -0.05) is 249 Å². The molecule has 0 spiro atoms. The average Bonchev–Trinajstić information content (AvgIpc) is 3.32. The predicted molar refractivity (Wildman–Crippen MR) is 287 cm³/mol. The van der Waals surface area contributed by atoms with Crippen LogP contribution in [0.15, 0.2) is 36.5 Å². The Kier molecular flexibility index (Phi) is 54.1. The SMILES string of the molecule is CCCCCC/C=C\CCCCCCCC(=O)OCCCCCCCCCCC/C=C\C/C=C\CCCCCCCCCC(=O)NC(CO)C(O)CCCCCCCCCCCCCCC. The first-order valence-corrected chi connectivity index (χ1v) is 29.2. The van der Waals surface area contributed by atoms with Gasteiger partial charge in [0.15, 0.2) is 0 Å². The molecule has 0 aliphatic carbocycles. The van der Waals surface area contributed by atoms with E-state index in [1.807, 2.05) is 0 Å². The lowest BCUT2D eigenvalue weighted by molar-refractivity contribution is -0.143. The van der Waals surface area contributed by atoms with Crippen LogP contribution >= 0.6 is 0 Å². The number of aliphatic hydroxyl groups is 2. The Hall–Kier alpha value is -1.92. The number of nitrogens with one attached hydrogen (secondary N) is 1. The molecule has 0 radical (unpaired) electrons. The summed E-state index contributed by atoms with van der Waals surface area (Å²) in [6, 6.07) is -0.548. The maximum atomic E-state index is 12.5. The number of allylic oxidation sites excluding steroid dienone is 6. The molecule has 0 aliphatic heterocycles. The van der Waals surface area contributed by atoms with Crippen LogP contribution in [-0.4, -0.2) is 47.4 Å². The molecule has 0 aromatic heterocycles. The molecular formula is C60H113NO5. The van der Waals surface area contributed by atoms with Crippen molar-refractivity contribution < 1.29 is 24.5 Å². The molecule has 0 fully saturated rings. The van der Waals surface area contributed by atoms with Gasteiger partial charge in [0.05, 0.1) is 25.4 Å². The molecule has 0 saturated heterocycles. The smallest absolute Gasteiger partial charge is 0.305 e. The Balaban J connectivity index is 3.45. The van der Waals surface area contributed by atoms with E-state index in [0.717, 1.165) is 57.8 Å². The van der Waals surface area contributed by atoms with E-state index < -0.39 is 12.1 Å². The minimum Gasteiger partial charge on any atom is -0.466 e. The third-order valence-electron chi connectivity index (χ3n) is 13.4. The normalized spacial score (nSPS) is 12.8. The van der Waals surface area contributed by atoms with Crippen LogP contribution in [0.1, 0.15) is 309 Å². The van der Waals surface area contributed by atoms with Crippen molar-refractivity contribution in [1.82, 2.24) is 5.32 Å². The highest BCUT2D eigenvalue weighted by atomic mass is 16.5. The minimum absolute atomic E-state index is 0.00245. The molecule has 0 heterocycles. The fourth-order valence-corrected chi connectivity index (χ4v) is 8.90. The fraction of sp³-hybridized carbons (Fsp3) is 0.867. The number of carbonyl (C=O) groups excluding carboxylic acids is 2. The van der Waals surface area contributed by atoms with E-state index in [2.05, 4.69) is 55.6 Å². The van der Waals surface area contributed by atoms with Gasteiger partial charge in [0.25, 0.3) is 0 Å². The largest absolute Gasteiger partial charge is 0.466 e. The van der Waals surface area contributed by atoms with Gasteiger partial charge in [0.2, 0.25) is 5.91 Å². The van der Waals surface area contributed by atoms with Crippen LogP contribution in [0, 0.1) is 0 Å². The van der Waals surface area contributed by atoms with Gasteiger partial charge in [-0.15, -0.1) is 0 Å². The van der Waals surface area contributed by atoms with Gasteiger partial charge in [-0.05, 0) is 83.5 Å². The van der Waals surface area contributed by atoms with Crippen LogP contribution in [0.25, 0.3) is 0 Å². The van der Waals surface area contributed by atoms with E-state index in [9.17, 15) is 19.8 Å². The molecule has 0 rings (SSSR count). The number of aliphatic hydroxyl groups excluding tert-OH is 2. The summed E-state index contributed by atoms with van der Waals surface area (Å²) in [5.41, 5.74) is 0. The van der Waals surface area contributed by atoms with Crippen LogP contribution in [-0.2, 0) is 14.3 Å². The molecule has 2 unspecified atom stereocenters. The van der Waals surface area contributed by atoms with Crippen LogP contribution in [0.2, 0.25) is 0 Å². The molecule has 1 amide bonds. The fourth-order valence-electron chi connectivity index (χ4n) is 8.90. The standard InChI is InChI=1S/C60H113NO5/c1-3-5-7-9-11-13-15-28-32-36-40-44-48-52-58(63)57(56-62)61-59(64)53-49-45-41-37-33-30-26-24-22-20-18-17-19-21-23-25-27-31-35-39-43-47-51-55-66-60(65)54-50-46-42-38-34-29-16-14-12-10-8-6-4-2/h14,16-17,19-20,22,57-58,62-63H,3-13,15,18,21,23-56H2,1-2H3,(H,61,64)/b16-14-,19-17-,22-20-. The second kappa shape index (κ2) is 55.7. The van der Waals surface area contributed by atoms with Crippen molar-refractivity contribution in [2.45, 2.75) is 321 Å². The minimum atomic E-state index is -0.670.